The number of Topliss-reactive ketones (excluding diaryl/α,β-unsaturated/α-hetero) is 3. The first-order valence-electron chi connectivity index (χ1n) is 16.2. The van der Waals surface area contributed by atoms with Gasteiger partial charge in [0.15, 0.2) is 11.6 Å². The molecule has 4 aliphatic rings. The van der Waals surface area contributed by atoms with Crippen molar-refractivity contribution in [3.8, 4) is 0 Å². The Labute approximate surface area is 260 Å². The average molecular weight is 605 g/mol. The standard InChI is InChI=1S/C29H42O6.C3H6O.2C2H6/c1-25(2,35)12-11-19(30)23(33)17-10-13-27(5)21-9-8-16-18(14-20(31)24(34)26(16,3)4)29(21,7)22(32)15-28(17,27)6;1-3(2)4;2*1-2/h8,11-12,17-18,21,23-24,33-35H,9-10,13-15H2,1-7H3;1-2H3;2*1-2H3/b12-11+;;;. The van der Waals surface area contributed by atoms with E-state index in [1.807, 2.05) is 48.5 Å². The van der Waals surface area contributed by atoms with Crippen LogP contribution in [0.3, 0.4) is 0 Å². The van der Waals surface area contributed by atoms with Gasteiger partial charge in [-0.25, -0.2) is 0 Å². The highest BCUT2D eigenvalue weighted by atomic mass is 16.3. The molecule has 7 nitrogen and oxygen atoms in total. The fraction of sp³-hybridized carbons (Fsp3) is 0.778. The molecule has 4 aliphatic carbocycles. The van der Waals surface area contributed by atoms with Crippen LogP contribution in [-0.4, -0.2) is 56.3 Å². The van der Waals surface area contributed by atoms with E-state index in [1.54, 1.807) is 13.8 Å². The van der Waals surface area contributed by atoms with Gasteiger partial charge in [-0.15, -0.1) is 0 Å². The quantitative estimate of drug-likeness (QED) is 0.257. The van der Waals surface area contributed by atoms with Crippen LogP contribution in [-0.2, 0) is 19.2 Å². The molecule has 8 unspecified atom stereocenters. The fourth-order valence-electron chi connectivity index (χ4n) is 8.42. The molecule has 246 valence electrons. The first-order chi connectivity index (χ1) is 19.6. The zero-order valence-corrected chi connectivity index (χ0v) is 29.1. The second-order valence-corrected chi connectivity index (χ2v) is 14.4. The van der Waals surface area contributed by atoms with Crippen molar-refractivity contribution >= 4 is 23.1 Å². The van der Waals surface area contributed by atoms with E-state index < -0.39 is 39.8 Å². The summed E-state index contributed by atoms with van der Waals surface area (Å²) in [6.45, 7) is 24.3. The van der Waals surface area contributed by atoms with Crippen LogP contribution in [0.5, 0.6) is 0 Å². The molecule has 0 bridgehead atoms. The molecular formula is C36H60O7. The topological polar surface area (TPSA) is 129 Å². The van der Waals surface area contributed by atoms with Gasteiger partial charge in [0.05, 0.1) is 5.60 Å². The van der Waals surface area contributed by atoms with Crippen molar-refractivity contribution in [1.29, 1.82) is 0 Å². The van der Waals surface area contributed by atoms with Gasteiger partial charge >= 0.3 is 0 Å². The van der Waals surface area contributed by atoms with E-state index in [1.165, 1.54) is 26.0 Å². The number of hydrogen-bond acceptors (Lipinski definition) is 7. The highest BCUT2D eigenvalue weighted by Gasteiger charge is 2.71. The maximum atomic E-state index is 14.1. The second-order valence-electron chi connectivity index (χ2n) is 14.4. The molecule has 0 spiro atoms. The van der Waals surface area contributed by atoms with Gasteiger partial charge in [0, 0.05) is 23.7 Å². The van der Waals surface area contributed by atoms with Gasteiger partial charge in [-0.05, 0) is 81.6 Å². The molecule has 0 aromatic heterocycles. The minimum atomic E-state index is -1.24. The van der Waals surface area contributed by atoms with Crippen LogP contribution in [0.15, 0.2) is 23.8 Å². The summed E-state index contributed by atoms with van der Waals surface area (Å²) in [5, 5.41) is 31.7. The Hall–Kier alpha value is -1.96. The van der Waals surface area contributed by atoms with Crippen LogP contribution in [0.4, 0.5) is 0 Å². The molecule has 4 rings (SSSR count). The molecule has 3 fully saturated rings. The zero-order valence-electron chi connectivity index (χ0n) is 29.1. The first-order valence-corrected chi connectivity index (χ1v) is 16.2. The van der Waals surface area contributed by atoms with Crippen LogP contribution >= 0.6 is 0 Å². The van der Waals surface area contributed by atoms with E-state index in [-0.39, 0.29) is 53.4 Å². The third-order valence-corrected chi connectivity index (χ3v) is 10.9. The summed E-state index contributed by atoms with van der Waals surface area (Å²) >= 11 is 0. The summed E-state index contributed by atoms with van der Waals surface area (Å²) in [5.41, 5.74) is -2.43. The lowest BCUT2D eigenvalue weighted by Gasteiger charge is -2.64. The molecule has 3 N–H and O–H groups in total. The normalized spacial score (nSPS) is 36.6. The zero-order chi connectivity index (χ0) is 33.9. The van der Waals surface area contributed by atoms with Crippen LogP contribution in [0.2, 0.25) is 0 Å². The lowest BCUT2D eigenvalue weighted by molar-refractivity contribution is -0.175. The average Bonchev–Trinajstić information content (AvgIpc) is 3.18. The second kappa shape index (κ2) is 14.0. The smallest absolute Gasteiger partial charge is 0.184 e. The summed E-state index contributed by atoms with van der Waals surface area (Å²) < 4.78 is 0. The lowest BCUT2D eigenvalue weighted by atomic mass is 9.38. The van der Waals surface area contributed by atoms with Gasteiger partial charge in [0.1, 0.15) is 23.8 Å². The molecule has 0 aliphatic heterocycles. The summed E-state index contributed by atoms with van der Waals surface area (Å²) in [6, 6.07) is 0. The van der Waals surface area contributed by atoms with Crippen LogP contribution in [0, 0.1) is 39.4 Å². The van der Waals surface area contributed by atoms with Crippen LogP contribution < -0.4 is 0 Å². The van der Waals surface area contributed by atoms with E-state index in [2.05, 4.69) is 19.9 Å². The third-order valence-electron chi connectivity index (χ3n) is 10.9. The SMILES string of the molecule is CC.CC.CC(C)(O)/C=C/C(=O)C(O)C1CCC2(C)C3CC=C4C(CC(=O)C(O)C4(C)C)C3(C)C(=O)CC12C.CC(C)=O. The number of allylic oxidation sites excluding steroid dienone is 1. The van der Waals surface area contributed by atoms with Crippen molar-refractivity contribution < 1.29 is 34.5 Å². The highest BCUT2D eigenvalue weighted by molar-refractivity contribution is 5.95. The number of aliphatic hydroxyl groups excluding tert-OH is 2. The third kappa shape index (κ3) is 6.99. The van der Waals surface area contributed by atoms with Crippen molar-refractivity contribution in [2.45, 2.75) is 140 Å². The number of rotatable bonds is 4. The van der Waals surface area contributed by atoms with E-state index in [0.717, 1.165) is 12.0 Å². The monoisotopic (exact) mass is 604 g/mol. The molecule has 0 aromatic rings. The maximum Gasteiger partial charge on any atom is 0.184 e. The Morgan fingerprint density at radius 2 is 1.51 bits per heavy atom. The number of carbonyl (C=O) groups excluding carboxylic acids is 4. The molecule has 0 radical (unpaired) electrons. The van der Waals surface area contributed by atoms with E-state index in [9.17, 15) is 34.5 Å². The molecule has 0 heterocycles. The molecule has 0 saturated heterocycles. The molecule has 8 atom stereocenters. The Morgan fingerprint density at radius 1 is 1.00 bits per heavy atom. The Balaban J connectivity index is 0.00000105. The summed E-state index contributed by atoms with van der Waals surface area (Å²) in [4.78, 5) is 49.2. The number of carbonyl (C=O) groups is 4. The van der Waals surface area contributed by atoms with Crippen molar-refractivity contribution in [2.75, 3.05) is 0 Å². The summed E-state index contributed by atoms with van der Waals surface area (Å²) in [6.07, 6.45) is 5.05. The number of ketones is 4. The summed E-state index contributed by atoms with van der Waals surface area (Å²) in [5.74, 6) is -1.00. The van der Waals surface area contributed by atoms with Gasteiger partial charge in [-0.1, -0.05) is 80.0 Å². The Bertz CT molecular complexity index is 1110. The van der Waals surface area contributed by atoms with Crippen LogP contribution in [0.25, 0.3) is 0 Å². The van der Waals surface area contributed by atoms with Crippen molar-refractivity contribution in [3.63, 3.8) is 0 Å². The lowest BCUT2D eigenvalue weighted by Crippen LogP contribution is -2.64. The predicted octanol–water partition coefficient (Wildman–Crippen LogP) is 6.22. The van der Waals surface area contributed by atoms with E-state index in [4.69, 9.17) is 0 Å². The molecule has 0 amide bonds. The number of aliphatic hydroxyl groups is 3. The van der Waals surface area contributed by atoms with Gasteiger partial charge in [-0.2, -0.15) is 0 Å². The van der Waals surface area contributed by atoms with E-state index in [0.29, 0.717) is 12.8 Å². The molecule has 7 heteroatoms. The molecule has 43 heavy (non-hydrogen) atoms. The highest BCUT2D eigenvalue weighted by Crippen LogP contribution is 2.73. The van der Waals surface area contributed by atoms with Crippen molar-refractivity contribution in [2.24, 2.45) is 39.4 Å². The summed E-state index contributed by atoms with van der Waals surface area (Å²) in [7, 11) is 0. The number of fused-ring (bicyclic) bond motifs is 5. The van der Waals surface area contributed by atoms with Crippen molar-refractivity contribution in [1.82, 2.24) is 0 Å². The largest absolute Gasteiger partial charge is 0.386 e. The van der Waals surface area contributed by atoms with E-state index >= 15 is 0 Å². The fourth-order valence-corrected chi connectivity index (χ4v) is 8.42. The first kappa shape index (κ1) is 39.1. The van der Waals surface area contributed by atoms with Gasteiger partial charge in [0.2, 0.25) is 0 Å². The molecule has 0 aromatic carbocycles. The van der Waals surface area contributed by atoms with Gasteiger partial charge in [0.25, 0.3) is 0 Å². The minimum Gasteiger partial charge on any atom is -0.386 e. The minimum absolute atomic E-state index is 0.0203. The van der Waals surface area contributed by atoms with Gasteiger partial charge < -0.3 is 20.1 Å². The maximum absolute atomic E-state index is 14.1. The Morgan fingerprint density at radius 3 is 2.00 bits per heavy atom. The predicted molar refractivity (Wildman–Crippen MR) is 171 cm³/mol. The number of hydrogen-bond donors (Lipinski definition) is 3. The van der Waals surface area contributed by atoms with Crippen molar-refractivity contribution in [3.05, 3.63) is 23.8 Å². The van der Waals surface area contributed by atoms with Gasteiger partial charge in [-0.3, -0.25) is 14.4 Å². The molecular weight excluding hydrogens is 544 g/mol. The van der Waals surface area contributed by atoms with Crippen LogP contribution in [0.1, 0.15) is 122 Å². The molecule has 3 saturated carbocycles. The Kier molecular flexibility index (Phi) is 12.7.